The topological polar surface area (TPSA) is 9.23 Å². The van der Waals surface area contributed by atoms with E-state index in [1.807, 2.05) is 0 Å². The molecule has 2 atom stereocenters. The van der Waals surface area contributed by atoms with E-state index in [1.54, 1.807) is 13.3 Å². The molecule has 0 heterocycles. The molecule has 0 aliphatic heterocycles. The van der Waals surface area contributed by atoms with Gasteiger partial charge in [-0.1, -0.05) is 0 Å². The molecule has 0 aliphatic rings. The van der Waals surface area contributed by atoms with Gasteiger partial charge in [0.15, 0.2) is 0 Å². The summed E-state index contributed by atoms with van der Waals surface area (Å²) in [6, 6.07) is 0. The number of hydrogen-bond donors (Lipinski definition) is 0. The van der Waals surface area contributed by atoms with Gasteiger partial charge in [-0.3, -0.25) is 0 Å². The number of rotatable bonds is 17. The third kappa shape index (κ3) is 9.84. The van der Waals surface area contributed by atoms with E-state index >= 15 is 0 Å². The molecular formula is C23H48OSn. The zero-order valence-electron chi connectivity index (χ0n) is 18.5. The summed E-state index contributed by atoms with van der Waals surface area (Å²) in [5, 5.41) is 0. The zero-order chi connectivity index (χ0) is 19.1. The Kier molecular flexibility index (Phi) is 15.9. The van der Waals surface area contributed by atoms with Crippen LogP contribution in [0.15, 0.2) is 12.2 Å². The van der Waals surface area contributed by atoms with E-state index in [0.29, 0.717) is 10.2 Å². The van der Waals surface area contributed by atoms with E-state index < -0.39 is 18.4 Å². The Balaban J connectivity index is 5.40. The summed E-state index contributed by atoms with van der Waals surface area (Å²) in [7, 11) is 0. The van der Waals surface area contributed by atoms with Crippen LogP contribution in [0.3, 0.4) is 0 Å². The van der Waals surface area contributed by atoms with Gasteiger partial charge in [-0.2, -0.15) is 0 Å². The molecule has 0 amide bonds. The maximum atomic E-state index is 6.91. The summed E-state index contributed by atoms with van der Waals surface area (Å²) in [6.45, 7) is 18.2. The quantitative estimate of drug-likeness (QED) is 0.157. The van der Waals surface area contributed by atoms with E-state index in [1.165, 1.54) is 69.8 Å². The molecule has 0 radical (unpaired) electrons. The van der Waals surface area contributed by atoms with Crippen molar-refractivity contribution in [2.45, 2.75) is 129 Å². The summed E-state index contributed by atoms with van der Waals surface area (Å²) < 4.78 is 12.1. The first kappa shape index (κ1) is 25.5. The van der Waals surface area contributed by atoms with Crippen molar-refractivity contribution in [3.05, 3.63) is 12.2 Å². The second-order valence-electron chi connectivity index (χ2n) is 8.18. The summed E-state index contributed by atoms with van der Waals surface area (Å²) >= 11 is -2.31. The SMILES string of the molecule is C=C(C)[C@H](CCCC)O[C@@H](CC)[Sn]([CH2]CCC)([CH2]CCC)[CH2]CCC. The van der Waals surface area contributed by atoms with Crippen LogP contribution in [-0.4, -0.2) is 28.6 Å². The van der Waals surface area contributed by atoms with E-state index in [-0.39, 0.29) is 0 Å². The molecule has 0 aromatic carbocycles. The molecule has 0 saturated carbocycles. The van der Waals surface area contributed by atoms with Crippen molar-refractivity contribution in [3.8, 4) is 0 Å². The van der Waals surface area contributed by atoms with Crippen molar-refractivity contribution in [1.29, 1.82) is 0 Å². The molecule has 0 aliphatic carbocycles. The molecule has 0 spiro atoms. The fraction of sp³-hybridized carbons (Fsp3) is 0.913. The minimum atomic E-state index is -2.31. The van der Waals surface area contributed by atoms with Crippen LogP contribution in [0.25, 0.3) is 0 Å². The first-order chi connectivity index (χ1) is 12.0. The molecule has 0 fully saturated rings. The van der Waals surface area contributed by atoms with Crippen LogP contribution >= 0.6 is 0 Å². The van der Waals surface area contributed by atoms with Crippen LogP contribution in [0, 0.1) is 0 Å². The van der Waals surface area contributed by atoms with Gasteiger partial charge in [0.1, 0.15) is 0 Å². The van der Waals surface area contributed by atoms with Crippen molar-refractivity contribution in [3.63, 3.8) is 0 Å². The Bertz CT molecular complexity index is 304. The van der Waals surface area contributed by atoms with E-state index in [0.717, 1.165) is 0 Å². The van der Waals surface area contributed by atoms with Gasteiger partial charge in [-0.25, -0.2) is 0 Å². The fourth-order valence-corrected chi connectivity index (χ4v) is 21.9. The molecule has 0 bridgehead atoms. The predicted molar refractivity (Wildman–Crippen MR) is 118 cm³/mol. The van der Waals surface area contributed by atoms with E-state index in [4.69, 9.17) is 4.74 Å². The van der Waals surface area contributed by atoms with Crippen LogP contribution in [0.1, 0.15) is 106 Å². The van der Waals surface area contributed by atoms with Crippen LogP contribution in [0.5, 0.6) is 0 Å². The van der Waals surface area contributed by atoms with E-state index in [9.17, 15) is 0 Å². The van der Waals surface area contributed by atoms with Gasteiger partial charge in [0, 0.05) is 0 Å². The van der Waals surface area contributed by atoms with Crippen molar-refractivity contribution in [2.24, 2.45) is 0 Å². The first-order valence-electron chi connectivity index (χ1n) is 11.3. The van der Waals surface area contributed by atoms with Crippen molar-refractivity contribution >= 4 is 18.4 Å². The second-order valence-corrected chi connectivity index (χ2v) is 22.1. The van der Waals surface area contributed by atoms with Gasteiger partial charge < -0.3 is 0 Å². The Labute approximate surface area is 164 Å². The summed E-state index contributed by atoms with van der Waals surface area (Å²) in [5.74, 6) is 0. The Hall–Kier alpha value is 0.499. The molecule has 0 unspecified atom stereocenters. The fourth-order valence-electron chi connectivity index (χ4n) is 4.14. The van der Waals surface area contributed by atoms with Gasteiger partial charge in [0.05, 0.1) is 0 Å². The molecule has 25 heavy (non-hydrogen) atoms. The standard InChI is InChI=1S/C11H21O.3C4H9.Sn/c1-5-7-8-11(10(3)4)12-9-6-2;3*1-3-4-2;/h9,11H,3,5-8H2,1-2,4H3;3*1,3-4H2,2H3;/t11-;;;;/m0..../s1. The van der Waals surface area contributed by atoms with Crippen LogP contribution in [0.2, 0.25) is 13.3 Å². The minimum absolute atomic E-state index is 0.297. The number of unbranched alkanes of at least 4 members (excludes halogenated alkanes) is 4. The molecule has 0 aromatic heterocycles. The first-order valence-corrected chi connectivity index (χ1v) is 19.0. The van der Waals surface area contributed by atoms with Gasteiger partial charge in [-0.15, -0.1) is 0 Å². The van der Waals surface area contributed by atoms with Gasteiger partial charge in [-0.05, 0) is 0 Å². The average Bonchev–Trinajstić information content (AvgIpc) is 2.61. The number of hydrogen-bond acceptors (Lipinski definition) is 1. The molecular weight excluding hydrogens is 411 g/mol. The summed E-state index contributed by atoms with van der Waals surface area (Å²) in [6.07, 6.45) is 13.5. The molecule has 0 saturated heterocycles. The normalized spacial score (nSPS) is 14.5. The van der Waals surface area contributed by atoms with Gasteiger partial charge >= 0.3 is 165 Å². The number of ether oxygens (including phenoxy) is 1. The van der Waals surface area contributed by atoms with Gasteiger partial charge in [0.25, 0.3) is 0 Å². The van der Waals surface area contributed by atoms with Crippen molar-refractivity contribution in [1.82, 2.24) is 0 Å². The Morgan fingerprint density at radius 1 is 0.800 bits per heavy atom. The molecule has 1 nitrogen and oxygen atoms in total. The predicted octanol–water partition coefficient (Wildman–Crippen LogP) is 8.30. The van der Waals surface area contributed by atoms with Gasteiger partial charge in [0.2, 0.25) is 0 Å². The third-order valence-electron chi connectivity index (χ3n) is 5.84. The Morgan fingerprint density at radius 3 is 1.56 bits per heavy atom. The van der Waals surface area contributed by atoms with Crippen LogP contribution in [-0.2, 0) is 4.74 Å². The zero-order valence-corrected chi connectivity index (χ0v) is 21.3. The second kappa shape index (κ2) is 15.5. The molecule has 0 aromatic rings. The third-order valence-corrected chi connectivity index (χ3v) is 22.8. The Morgan fingerprint density at radius 2 is 1.24 bits per heavy atom. The molecule has 0 rings (SSSR count). The molecule has 0 N–H and O–H groups in total. The van der Waals surface area contributed by atoms with Crippen molar-refractivity contribution < 1.29 is 4.74 Å². The maximum absolute atomic E-state index is 6.91. The van der Waals surface area contributed by atoms with Crippen LogP contribution in [0.4, 0.5) is 0 Å². The summed E-state index contributed by atoms with van der Waals surface area (Å²) in [5.41, 5.74) is 1.24. The van der Waals surface area contributed by atoms with E-state index in [2.05, 4.69) is 48.1 Å². The molecule has 2 heteroatoms. The average molecular weight is 459 g/mol. The summed E-state index contributed by atoms with van der Waals surface area (Å²) in [4.78, 5) is 0. The monoisotopic (exact) mass is 460 g/mol. The van der Waals surface area contributed by atoms with Crippen LogP contribution < -0.4 is 0 Å². The van der Waals surface area contributed by atoms with Crippen molar-refractivity contribution in [2.75, 3.05) is 0 Å². The molecule has 150 valence electrons.